The number of ether oxygens (including phenoxy) is 2. The molecule has 2 aromatic rings. The highest BCUT2D eigenvalue weighted by molar-refractivity contribution is 5.79. The van der Waals surface area contributed by atoms with E-state index in [-0.39, 0.29) is 18.4 Å². The van der Waals surface area contributed by atoms with Crippen LogP contribution < -0.4 is 9.47 Å². The summed E-state index contributed by atoms with van der Waals surface area (Å²) in [7, 11) is 0. The van der Waals surface area contributed by atoms with Crippen molar-refractivity contribution >= 4 is 5.91 Å². The highest BCUT2D eigenvalue weighted by atomic mass is 16.5. The monoisotopic (exact) mass is 353 g/mol. The fourth-order valence-electron chi connectivity index (χ4n) is 3.70. The van der Waals surface area contributed by atoms with Crippen molar-refractivity contribution in [2.45, 2.75) is 26.0 Å². The zero-order valence-corrected chi connectivity index (χ0v) is 14.7. The van der Waals surface area contributed by atoms with E-state index in [9.17, 15) is 9.90 Å². The van der Waals surface area contributed by atoms with Gasteiger partial charge in [0.05, 0.1) is 19.8 Å². The molecule has 0 unspecified atom stereocenters. The van der Waals surface area contributed by atoms with Crippen LogP contribution in [0.3, 0.4) is 0 Å². The van der Waals surface area contributed by atoms with Gasteiger partial charge in [0.15, 0.2) is 0 Å². The third kappa shape index (κ3) is 3.40. The predicted molar refractivity (Wildman–Crippen MR) is 97.0 cm³/mol. The second kappa shape index (κ2) is 7.38. The highest BCUT2D eigenvalue weighted by Gasteiger charge is 2.29. The van der Waals surface area contributed by atoms with E-state index in [0.717, 1.165) is 28.2 Å². The van der Waals surface area contributed by atoms with Gasteiger partial charge in [-0.25, -0.2) is 0 Å². The van der Waals surface area contributed by atoms with Gasteiger partial charge >= 0.3 is 0 Å². The van der Waals surface area contributed by atoms with Crippen molar-refractivity contribution < 1.29 is 19.4 Å². The summed E-state index contributed by atoms with van der Waals surface area (Å²) in [5.41, 5.74) is 2.88. The van der Waals surface area contributed by atoms with Crippen molar-refractivity contribution in [3.63, 3.8) is 0 Å². The lowest BCUT2D eigenvalue weighted by molar-refractivity contribution is -0.136. The van der Waals surface area contributed by atoms with Gasteiger partial charge in [0.2, 0.25) is 5.91 Å². The number of amides is 1. The lowest BCUT2D eigenvalue weighted by atomic mass is 9.95. The predicted octanol–water partition coefficient (Wildman–Crippen LogP) is 2.54. The molecular formula is C21H23NO4. The Kier molecular flexibility index (Phi) is 4.80. The van der Waals surface area contributed by atoms with E-state index in [0.29, 0.717) is 39.1 Å². The summed E-state index contributed by atoms with van der Waals surface area (Å²) in [6, 6.07) is 13.6. The van der Waals surface area contributed by atoms with Gasteiger partial charge in [-0.15, -0.1) is 0 Å². The molecule has 0 radical (unpaired) electrons. The van der Waals surface area contributed by atoms with Gasteiger partial charge in [-0.05, 0) is 42.2 Å². The number of para-hydroxylation sites is 1. The van der Waals surface area contributed by atoms with Gasteiger partial charge in [-0.2, -0.15) is 0 Å². The average molecular weight is 353 g/mol. The summed E-state index contributed by atoms with van der Waals surface area (Å²) in [4.78, 5) is 15.1. The lowest BCUT2D eigenvalue weighted by Gasteiger charge is -2.25. The Bertz CT molecular complexity index is 804. The largest absolute Gasteiger partial charge is 0.493 e. The van der Waals surface area contributed by atoms with Crippen molar-refractivity contribution in [2.75, 3.05) is 19.8 Å². The number of nitrogens with zero attached hydrogens (tertiary/aromatic N) is 1. The molecule has 0 saturated heterocycles. The Balaban J connectivity index is 1.54. The molecule has 4 rings (SSSR count). The number of hydrogen-bond donors (Lipinski definition) is 1. The van der Waals surface area contributed by atoms with Crippen molar-refractivity contribution in [1.82, 2.24) is 4.90 Å². The Labute approximate surface area is 153 Å². The van der Waals surface area contributed by atoms with Crippen LogP contribution in [0.25, 0.3) is 0 Å². The molecule has 0 fully saturated rings. The molecule has 0 saturated carbocycles. The molecule has 1 amide bonds. The molecule has 2 aromatic carbocycles. The van der Waals surface area contributed by atoms with Gasteiger partial charge in [0.25, 0.3) is 0 Å². The number of aliphatic hydroxyl groups is 1. The third-order valence-corrected chi connectivity index (χ3v) is 5.11. The Morgan fingerprint density at radius 3 is 2.77 bits per heavy atom. The maximum atomic E-state index is 13.2. The first-order chi connectivity index (χ1) is 12.7. The number of fused-ring (bicyclic) bond motifs is 2. The van der Waals surface area contributed by atoms with Crippen LogP contribution in [0.15, 0.2) is 42.5 Å². The second-order valence-corrected chi connectivity index (χ2v) is 6.85. The number of carbonyl (C=O) groups excluding carboxylic acids is 1. The summed E-state index contributed by atoms with van der Waals surface area (Å²) < 4.78 is 11.6. The Morgan fingerprint density at radius 1 is 1.08 bits per heavy atom. The molecule has 0 bridgehead atoms. The van der Waals surface area contributed by atoms with Crippen LogP contribution in [0, 0.1) is 5.92 Å². The van der Waals surface area contributed by atoms with Crippen LogP contribution in [0.5, 0.6) is 11.5 Å². The van der Waals surface area contributed by atoms with E-state index in [2.05, 4.69) is 0 Å². The first-order valence-electron chi connectivity index (χ1n) is 9.09. The molecule has 26 heavy (non-hydrogen) atoms. The van der Waals surface area contributed by atoms with Gasteiger partial charge in [0.1, 0.15) is 18.1 Å². The third-order valence-electron chi connectivity index (χ3n) is 5.11. The molecule has 5 nitrogen and oxygen atoms in total. The van der Waals surface area contributed by atoms with Gasteiger partial charge in [-0.3, -0.25) is 4.79 Å². The van der Waals surface area contributed by atoms with Crippen molar-refractivity contribution in [2.24, 2.45) is 5.92 Å². The standard InChI is InChI=1S/C21H23NO4/c23-14-15-5-6-20-18(11-15)13-22(8-10-26-20)21(24)17-7-9-25-19-4-2-1-3-16(19)12-17/h1-6,11,17,23H,7-10,12-14H2/t17-/m1/s1. The topological polar surface area (TPSA) is 59.0 Å². The average Bonchev–Trinajstić information content (AvgIpc) is 3.02. The summed E-state index contributed by atoms with van der Waals surface area (Å²) in [6.07, 6.45) is 1.42. The zero-order chi connectivity index (χ0) is 17.9. The van der Waals surface area contributed by atoms with E-state index in [1.165, 1.54) is 0 Å². The van der Waals surface area contributed by atoms with Crippen molar-refractivity contribution in [3.05, 3.63) is 59.2 Å². The Hall–Kier alpha value is -2.53. The lowest BCUT2D eigenvalue weighted by Crippen LogP contribution is -2.38. The molecule has 2 aliphatic rings. The maximum absolute atomic E-state index is 13.2. The maximum Gasteiger partial charge on any atom is 0.226 e. The van der Waals surface area contributed by atoms with Crippen LogP contribution in [0.1, 0.15) is 23.1 Å². The van der Waals surface area contributed by atoms with E-state index >= 15 is 0 Å². The van der Waals surface area contributed by atoms with E-state index in [4.69, 9.17) is 9.47 Å². The molecule has 1 N–H and O–H groups in total. The first kappa shape index (κ1) is 16.9. The zero-order valence-electron chi connectivity index (χ0n) is 14.7. The molecule has 1 atom stereocenters. The summed E-state index contributed by atoms with van der Waals surface area (Å²) in [5.74, 6) is 1.75. The molecule has 5 heteroatoms. The quantitative estimate of drug-likeness (QED) is 0.901. The van der Waals surface area contributed by atoms with Crippen LogP contribution in [-0.2, 0) is 24.4 Å². The molecule has 0 aromatic heterocycles. The van der Waals surface area contributed by atoms with E-state index in [1.807, 2.05) is 47.4 Å². The fourth-order valence-corrected chi connectivity index (χ4v) is 3.70. The van der Waals surface area contributed by atoms with Gasteiger partial charge < -0.3 is 19.5 Å². The SMILES string of the molecule is O=C([C@@H]1CCOc2ccccc2C1)N1CCOc2ccc(CO)cc2C1. The summed E-state index contributed by atoms with van der Waals surface area (Å²) in [6.45, 7) is 2.11. The Morgan fingerprint density at radius 2 is 1.88 bits per heavy atom. The number of carbonyl (C=O) groups is 1. The van der Waals surface area contributed by atoms with Gasteiger partial charge in [-0.1, -0.05) is 24.3 Å². The number of hydrogen-bond acceptors (Lipinski definition) is 4. The summed E-state index contributed by atoms with van der Waals surface area (Å²) in [5, 5.41) is 9.38. The second-order valence-electron chi connectivity index (χ2n) is 6.85. The van der Waals surface area contributed by atoms with Crippen LogP contribution in [0.2, 0.25) is 0 Å². The molecule has 0 spiro atoms. The van der Waals surface area contributed by atoms with Crippen molar-refractivity contribution in [1.29, 1.82) is 0 Å². The molecule has 2 aliphatic heterocycles. The van der Waals surface area contributed by atoms with Crippen LogP contribution in [-0.4, -0.2) is 35.7 Å². The minimum absolute atomic E-state index is 0.0159. The fraction of sp³-hybridized carbons (Fsp3) is 0.381. The highest BCUT2D eigenvalue weighted by Crippen LogP contribution is 2.30. The number of benzene rings is 2. The van der Waals surface area contributed by atoms with Crippen LogP contribution >= 0.6 is 0 Å². The van der Waals surface area contributed by atoms with Crippen molar-refractivity contribution in [3.8, 4) is 11.5 Å². The molecular weight excluding hydrogens is 330 g/mol. The molecule has 136 valence electrons. The molecule has 0 aliphatic carbocycles. The molecule has 2 heterocycles. The normalized spacial score (nSPS) is 19.3. The number of rotatable bonds is 2. The number of aliphatic hydroxyl groups excluding tert-OH is 1. The van der Waals surface area contributed by atoms with E-state index < -0.39 is 0 Å². The minimum Gasteiger partial charge on any atom is -0.493 e. The smallest absolute Gasteiger partial charge is 0.226 e. The summed E-state index contributed by atoms with van der Waals surface area (Å²) >= 11 is 0. The van der Waals surface area contributed by atoms with Crippen LogP contribution in [0.4, 0.5) is 0 Å². The van der Waals surface area contributed by atoms with E-state index in [1.54, 1.807) is 0 Å². The first-order valence-corrected chi connectivity index (χ1v) is 9.09. The van der Waals surface area contributed by atoms with Gasteiger partial charge in [0, 0.05) is 18.0 Å². The minimum atomic E-state index is -0.0822.